The van der Waals surface area contributed by atoms with E-state index in [0.717, 1.165) is 0 Å². The molecule has 0 saturated carbocycles. The van der Waals surface area contributed by atoms with Gasteiger partial charge < -0.3 is 19.2 Å². The molecule has 0 saturated heterocycles. The molecule has 0 fully saturated rings. The van der Waals surface area contributed by atoms with E-state index < -0.39 is 37.9 Å². The molecule has 18 heavy (non-hydrogen) atoms. The van der Waals surface area contributed by atoms with Gasteiger partial charge in [-0.15, -0.1) is 0 Å². The van der Waals surface area contributed by atoms with Gasteiger partial charge in [0, 0.05) is 5.30 Å². The van der Waals surface area contributed by atoms with Crippen LogP contribution in [0.15, 0.2) is 24.3 Å². The van der Waals surface area contributed by atoms with Crippen molar-refractivity contribution >= 4 is 20.3 Å². The molecule has 10 heteroatoms. The summed E-state index contributed by atoms with van der Waals surface area (Å²) in [6, 6.07) is 2.54. The Labute approximate surface area is 99.9 Å². The highest BCUT2D eigenvalue weighted by molar-refractivity contribution is 7.76. The molecule has 1 rings (SSSR count). The summed E-state index contributed by atoms with van der Waals surface area (Å²) in [5.74, 6) is -1.41. The highest BCUT2D eigenvalue weighted by Crippen LogP contribution is 2.51. The quantitative estimate of drug-likeness (QED) is 0.815. The number of benzene rings is 1. The van der Waals surface area contributed by atoms with Crippen LogP contribution < -0.4 is 10.2 Å². The third-order valence-electron chi connectivity index (χ3n) is 1.97. The zero-order chi connectivity index (χ0) is 14.2. The predicted molar refractivity (Wildman–Crippen MR) is 55.6 cm³/mol. The van der Waals surface area contributed by atoms with Gasteiger partial charge in [-0.1, -0.05) is 0 Å². The van der Waals surface area contributed by atoms with Crippen LogP contribution in [0.4, 0.5) is 13.2 Å². The van der Waals surface area contributed by atoms with Crippen LogP contribution in [0.3, 0.4) is 0 Å². The summed E-state index contributed by atoms with van der Waals surface area (Å²) >= 11 is 0. The van der Waals surface area contributed by atoms with Gasteiger partial charge in [-0.2, -0.15) is 13.2 Å². The van der Waals surface area contributed by atoms with Crippen molar-refractivity contribution in [2.24, 2.45) is 0 Å². The molecular weight excluding hydrogens is 295 g/mol. The molecule has 5 nitrogen and oxygen atoms in total. The van der Waals surface area contributed by atoms with Crippen LogP contribution in [0.1, 0.15) is 5.56 Å². The highest BCUT2D eigenvalue weighted by Gasteiger charge is 2.32. The maximum Gasteiger partial charge on any atom is 0.416 e. The van der Waals surface area contributed by atoms with Gasteiger partial charge in [-0.05, 0) is 24.3 Å². The molecule has 0 heterocycles. The van der Waals surface area contributed by atoms with Gasteiger partial charge in [0.05, 0.1) is 11.5 Å². The van der Waals surface area contributed by atoms with Crippen LogP contribution in [0.25, 0.3) is 0 Å². The van der Waals surface area contributed by atoms with Gasteiger partial charge in [0.25, 0.3) is 0 Å². The number of hydrogen-bond acceptors (Lipinski definition) is 3. The Kier molecular flexibility index (Phi) is 4.10. The molecular formula is C8H8F3O5P2-. The Morgan fingerprint density at radius 1 is 1.11 bits per heavy atom. The lowest BCUT2D eigenvalue weighted by Crippen LogP contribution is -2.13. The van der Waals surface area contributed by atoms with Crippen LogP contribution in [-0.4, -0.2) is 15.7 Å². The standard InChI is InChI=1S/C8H9F3O5P2/c9-8(10,11)6-1-3-7(4-2-6)17(12,13)5-18(14,15)16/h1-4H,5H2,(H,12,13)(H2,14,15,16)/p-1. The smallest absolute Gasteiger partial charge is 0.416 e. The molecule has 102 valence electrons. The first-order chi connectivity index (χ1) is 7.92. The van der Waals surface area contributed by atoms with E-state index in [0.29, 0.717) is 24.3 Å². The highest BCUT2D eigenvalue weighted by atomic mass is 31.2. The average Bonchev–Trinajstić information content (AvgIpc) is 2.13. The molecule has 0 bridgehead atoms. The zero-order valence-corrected chi connectivity index (χ0v) is 10.5. The molecule has 0 amide bonds. The lowest BCUT2D eigenvalue weighted by molar-refractivity contribution is -0.192. The third kappa shape index (κ3) is 4.23. The first kappa shape index (κ1) is 15.4. The summed E-state index contributed by atoms with van der Waals surface area (Å²) in [5, 5.41) is -0.472. The second-order valence-corrected chi connectivity index (χ2v) is 7.85. The van der Waals surface area contributed by atoms with Crippen molar-refractivity contribution < 1.29 is 37.0 Å². The maximum absolute atomic E-state index is 12.2. The van der Waals surface area contributed by atoms with Crippen molar-refractivity contribution in [3.63, 3.8) is 0 Å². The van der Waals surface area contributed by atoms with Gasteiger partial charge in [-0.25, -0.2) is 0 Å². The van der Waals surface area contributed by atoms with Crippen LogP contribution >= 0.6 is 15.0 Å². The Bertz CT molecular complexity index is 519. The van der Waals surface area contributed by atoms with E-state index >= 15 is 0 Å². The van der Waals surface area contributed by atoms with Crippen molar-refractivity contribution in [3.05, 3.63) is 29.8 Å². The predicted octanol–water partition coefficient (Wildman–Crippen LogP) is 1.10. The fourth-order valence-corrected chi connectivity index (χ4v) is 4.41. The van der Waals surface area contributed by atoms with Crippen molar-refractivity contribution in [1.82, 2.24) is 0 Å². The van der Waals surface area contributed by atoms with E-state index in [9.17, 15) is 32.1 Å². The van der Waals surface area contributed by atoms with Gasteiger partial charge in [-0.3, -0.25) is 4.57 Å². The number of halogens is 3. The summed E-state index contributed by atoms with van der Waals surface area (Å²) in [7, 11) is -9.41. The van der Waals surface area contributed by atoms with Gasteiger partial charge >= 0.3 is 6.18 Å². The largest absolute Gasteiger partial charge is 0.778 e. The summed E-state index contributed by atoms with van der Waals surface area (Å²) in [6.07, 6.45) is -4.59. The van der Waals surface area contributed by atoms with Crippen molar-refractivity contribution in [2.75, 3.05) is 5.90 Å². The van der Waals surface area contributed by atoms with Crippen LogP contribution in [0, 0.1) is 0 Å². The third-order valence-corrected chi connectivity index (χ3v) is 6.04. The molecule has 2 atom stereocenters. The van der Waals surface area contributed by atoms with Crippen molar-refractivity contribution in [3.8, 4) is 0 Å². The summed E-state index contributed by atoms with van der Waals surface area (Å²) in [4.78, 5) is 28.4. The fourth-order valence-electron chi connectivity index (χ4n) is 1.21. The topological polar surface area (TPSA) is 97.7 Å². The van der Waals surface area contributed by atoms with E-state index in [1.54, 1.807) is 0 Å². The van der Waals surface area contributed by atoms with Crippen molar-refractivity contribution in [2.45, 2.75) is 6.18 Å². The normalized spacial score (nSPS) is 19.0. The molecule has 0 aliphatic heterocycles. The Hall–Kier alpha value is -0.650. The molecule has 0 aliphatic carbocycles. The SMILES string of the molecule is O=P([O-])(O)CP(=O)(O)c1ccc(C(F)(F)F)cc1. The Morgan fingerprint density at radius 2 is 1.56 bits per heavy atom. The molecule has 0 aliphatic rings. The molecule has 0 aromatic heterocycles. The van der Waals surface area contributed by atoms with Gasteiger partial charge in [0.1, 0.15) is 7.60 Å². The number of alkyl halides is 3. The first-order valence-electron chi connectivity index (χ1n) is 4.44. The van der Waals surface area contributed by atoms with Crippen molar-refractivity contribution in [1.29, 1.82) is 0 Å². The van der Waals surface area contributed by atoms with E-state index in [1.807, 2.05) is 0 Å². The van der Waals surface area contributed by atoms with Gasteiger partial charge in [0.15, 0.2) is 0 Å². The Balaban J connectivity index is 3.06. The minimum atomic E-state index is -4.98. The molecule has 1 aromatic rings. The van der Waals surface area contributed by atoms with Gasteiger partial charge in [0.2, 0.25) is 7.37 Å². The minimum Gasteiger partial charge on any atom is -0.778 e. The molecule has 0 spiro atoms. The minimum absolute atomic E-state index is 0.472. The van der Waals surface area contributed by atoms with E-state index in [2.05, 4.69) is 0 Å². The van der Waals surface area contributed by atoms with E-state index in [1.165, 1.54) is 0 Å². The van der Waals surface area contributed by atoms with Crippen LogP contribution in [0.5, 0.6) is 0 Å². The summed E-state index contributed by atoms with van der Waals surface area (Å²) in [6.45, 7) is 0. The van der Waals surface area contributed by atoms with Crippen LogP contribution in [0.2, 0.25) is 0 Å². The van der Waals surface area contributed by atoms with Crippen LogP contribution in [-0.2, 0) is 15.3 Å². The average molecular weight is 303 g/mol. The monoisotopic (exact) mass is 303 g/mol. The Morgan fingerprint density at radius 3 is 1.89 bits per heavy atom. The second kappa shape index (κ2) is 4.79. The lowest BCUT2D eigenvalue weighted by atomic mass is 10.2. The lowest BCUT2D eigenvalue weighted by Gasteiger charge is -2.20. The molecule has 0 radical (unpaired) electrons. The molecule has 1 aromatic carbocycles. The summed E-state index contributed by atoms with van der Waals surface area (Å²) in [5.41, 5.74) is -1.03. The number of hydrogen-bond donors (Lipinski definition) is 2. The number of rotatable bonds is 3. The first-order valence-corrected chi connectivity index (χ1v) is 8.05. The zero-order valence-electron chi connectivity index (χ0n) is 8.66. The molecule has 2 N–H and O–H groups in total. The van der Waals surface area contributed by atoms with E-state index in [4.69, 9.17) is 4.89 Å². The van der Waals surface area contributed by atoms with E-state index in [-0.39, 0.29) is 0 Å². The summed E-state index contributed by atoms with van der Waals surface area (Å²) < 4.78 is 58.7. The molecule has 2 unspecified atom stereocenters. The maximum atomic E-state index is 12.2. The second-order valence-electron chi connectivity index (χ2n) is 3.53. The fraction of sp³-hybridized carbons (Fsp3) is 0.250.